The van der Waals surface area contributed by atoms with Gasteiger partial charge in [-0.2, -0.15) is 0 Å². The highest BCUT2D eigenvalue weighted by molar-refractivity contribution is 6.29. The maximum Gasteiger partial charge on any atom is 0.0543 e. The van der Waals surface area contributed by atoms with Gasteiger partial charge < -0.3 is 9.80 Å². The molecule has 0 heterocycles. The van der Waals surface area contributed by atoms with Crippen molar-refractivity contribution in [2.75, 3.05) is 9.80 Å². The molecule has 71 heavy (non-hydrogen) atoms. The first-order valence-corrected chi connectivity index (χ1v) is 25.4. The van der Waals surface area contributed by atoms with Gasteiger partial charge in [0.25, 0.3) is 0 Å². The Morgan fingerprint density at radius 2 is 0.577 bits per heavy atom. The first-order valence-electron chi connectivity index (χ1n) is 25.4. The lowest BCUT2D eigenvalue weighted by Gasteiger charge is -2.34. The molecule has 0 aromatic heterocycles. The van der Waals surface area contributed by atoms with Crippen molar-refractivity contribution in [2.45, 2.75) is 74.1 Å². The Hall–Kier alpha value is -7.94. The van der Waals surface area contributed by atoms with Crippen LogP contribution in [0.2, 0.25) is 0 Å². The first kappa shape index (κ1) is 45.5. The van der Waals surface area contributed by atoms with Crippen molar-refractivity contribution in [3.63, 3.8) is 0 Å². The Morgan fingerprint density at radius 1 is 0.268 bits per heavy atom. The fraction of sp³-hybridized carbons (Fsp3) is 0.159. The van der Waals surface area contributed by atoms with Gasteiger partial charge in [0.05, 0.1) is 11.4 Å². The van der Waals surface area contributed by atoms with E-state index in [2.05, 4.69) is 272 Å². The second-order valence-electron chi connectivity index (χ2n) is 20.4. The molecule has 0 saturated carbocycles. The molecule has 11 aromatic carbocycles. The van der Waals surface area contributed by atoms with Crippen LogP contribution in [0.4, 0.5) is 34.1 Å². The van der Waals surface area contributed by atoms with Gasteiger partial charge in [-0.1, -0.05) is 191 Å². The van der Waals surface area contributed by atoms with Crippen molar-refractivity contribution in [2.24, 2.45) is 0 Å². The molecule has 11 aromatic rings. The molecule has 0 atom stereocenters. The molecule has 0 fully saturated rings. The van der Waals surface area contributed by atoms with Gasteiger partial charge >= 0.3 is 0 Å². The predicted molar refractivity (Wildman–Crippen MR) is 308 cm³/mol. The maximum absolute atomic E-state index is 2.59. The molecule has 0 N–H and O–H groups in total. The summed E-state index contributed by atoms with van der Waals surface area (Å²) in [6.45, 7) is 20.7. The van der Waals surface area contributed by atoms with E-state index in [0.29, 0.717) is 0 Å². The van der Waals surface area contributed by atoms with Crippen molar-refractivity contribution >= 4 is 66.4 Å². The molecule has 0 aliphatic rings. The smallest absolute Gasteiger partial charge is 0.0543 e. The Kier molecular flexibility index (Phi) is 11.8. The van der Waals surface area contributed by atoms with Crippen LogP contribution in [0.5, 0.6) is 0 Å². The van der Waals surface area contributed by atoms with Crippen molar-refractivity contribution < 1.29 is 0 Å². The zero-order valence-corrected chi connectivity index (χ0v) is 42.6. The van der Waals surface area contributed by atoms with Gasteiger partial charge in [0.15, 0.2) is 0 Å². The largest absolute Gasteiger partial charge is 0.309 e. The summed E-state index contributed by atoms with van der Waals surface area (Å²) in [6, 6.07) is 75.1. The minimum atomic E-state index is 0.257. The summed E-state index contributed by atoms with van der Waals surface area (Å²) in [5.74, 6) is 0.523. The minimum absolute atomic E-state index is 0.257. The zero-order chi connectivity index (χ0) is 49.1. The van der Waals surface area contributed by atoms with Crippen LogP contribution >= 0.6 is 0 Å². The van der Waals surface area contributed by atoms with Crippen LogP contribution in [0.25, 0.3) is 65.7 Å². The van der Waals surface area contributed by atoms with Crippen molar-refractivity contribution in [3.8, 4) is 33.4 Å². The second kappa shape index (κ2) is 18.4. The van der Waals surface area contributed by atoms with Crippen LogP contribution in [0.3, 0.4) is 0 Å². The Labute approximate surface area is 420 Å². The van der Waals surface area contributed by atoms with Gasteiger partial charge in [0, 0.05) is 33.5 Å². The van der Waals surface area contributed by atoms with Crippen molar-refractivity contribution in [1.82, 2.24) is 0 Å². The second-order valence-corrected chi connectivity index (χ2v) is 20.4. The van der Waals surface area contributed by atoms with E-state index >= 15 is 0 Å². The van der Waals surface area contributed by atoms with Gasteiger partial charge in [-0.05, 0) is 177 Å². The lowest BCUT2D eigenvalue weighted by Crippen LogP contribution is -2.15. The fourth-order valence-electron chi connectivity index (χ4n) is 11.1. The molecule has 0 bridgehead atoms. The standard InChI is InChI=1S/C69H62N2/c1-43(2)60-41-66(70(62-37-45(5)25-26-46(62)6)63-38-53(30-27-47(63)7)50-19-13-10-14-20-50)58-35-33-57-61(44(3)4)42-67(59-36-34-56(60)68(58)69(57)59)71(64-39-54(31-28-48(64)8)51-21-15-11-16-22-51)65-40-55(32-29-49(65)9)52-23-17-12-18-24-52/h10-44H,1-9H3. The van der Waals surface area contributed by atoms with Crippen LogP contribution in [-0.4, -0.2) is 0 Å². The Morgan fingerprint density at radius 3 is 0.915 bits per heavy atom. The summed E-state index contributed by atoms with van der Waals surface area (Å²) in [7, 11) is 0. The summed E-state index contributed by atoms with van der Waals surface area (Å²) < 4.78 is 0. The van der Waals surface area contributed by atoms with E-state index in [1.165, 1.54) is 139 Å². The number of hydrogen-bond acceptors (Lipinski definition) is 2. The normalized spacial score (nSPS) is 11.7. The molecule has 0 amide bonds. The van der Waals surface area contributed by atoms with Gasteiger partial charge in [0.1, 0.15) is 0 Å². The fourth-order valence-corrected chi connectivity index (χ4v) is 11.1. The SMILES string of the molecule is Cc1ccc(C)c(N(c2cc(-c3ccccc3)ccc2C)c2cc(C(C)C)c3ccc4c(N(c5cc(-c6ccccc6)ccc5C)c5cc(-c6ccccc6)ccc5C)cc(C(C)C)c5ccc2c3c54)c1. The van der Waals surface area contributed by atoms with Gasteiger partial charge in [0.2, 0.25) is 0 Å². The number of nitrogens with zero attached hydrogens (tertiary/aromatic N) is 2. The molecular formula is C69H62N2. The van der Waals surface area contributed by atoms with E-state index in [0.717, 1.165) is 0 Å². The molecule has 11 rings (SSSR count). The predicted octanol–water partition coefficient (Wildman–Crippen LogP) is 20.3. The monoisotopic (exact) mass is 918 g/mol. The molecule has 0 saturated heterocycles. The van der Waals surface area contributed by atoms with E-state index in [4.69, 9.17) is 0 Å². The highest BCUT2D eigenvalue weighted by atomic mass is 15.2. The number of anilines is 6. The Balaban J connectivity index is 1.26. The van der Waals surface area contributed by atoms with E-state index in [-0.39, 0.29) is 11.8 Å². The molecule has 0 radical (unpaired) electrons. The summed E-state index contributed by atoms with van der Waals surface area (Å²) in [5, 5.41) is 7.75. The topological polar surface area (TPSA) is 6.48 Å². The molecule has 0 unspecified atom stereocenters. The summed E-state index contributed by atoms with van der Waals surface area (Å²) >= 11 is 0. The summed E-state index contributed by atoms with van der Waals surface area (Å²) in [4.78, 5) is 5.17. The summed E-state index contributed by atoms with van der Waals surface area (Å²) in [6.07, 6.45) is 0. The number of benzene rings is 11. The van der Waals surface area contributed by atoms with Crippen LogP contribution in [0.1, 0.15) is 78.5 Å². The third kappa shape index (κ3) is 8.12. The van der Waals surface area contributed by atoms with E-state index in [1.807, 2.05) is 0 Å². The van der Waals surface area contributed by atoms with Crippen molar-refractivity contribution in [3.05, 3.63) is 239 Å². The highest BCUT2D eigenvalue weighted by Gasteiger charge is 2.28. The number of rotatable bonds is 11. The zero-order valence-electron chi connectivity index (χ0n) is 42.6. The molecule has 2 heteroatoms. The third-order valence-electron chi connectivity index (χ3n) is 14.9. The van der Waals surface area contributed by atoms with Gasteiger partial charge in [-0.15, -0.1) is 0 Å². The lowest BCUT2D eigenvalue weighted by molar-refractivity contribution is 0.875. The minimum Gasteiger partial charge on any atom is -0.309 e. The average Bonchev–Trinajstić information content (AvgIpc) is 3.39. The molecule has 0 aliphatic carbocycles. The average molecular weight is 919 g/mol. The molecule has 0 aliphatic heterocycles. The van der Waals surface area contributed by atoms with Crippen LogP contribution in [-0.2, 0) is 0 Å². The van der Waals surface area contributed by atoms with Crippen molar-refractivity contribution in [1.29, 1.82) is 0 Å². The number of aryl methyl sites for hydroxylation is 5. The lowest BCUT2D eigenvalue weighted by atomic mass is 9.83. The van der Waals surface area contributed by atoms with Crippen LogP contribution < -0.4 is 9.80 Å². The highest BCUT2D eigenvalue weighted by Crippen LogP contribution is 2.53. The number of hydrogen-bond donors (Lipinski definition) is 0. The molecule has 2 nitrogen and oxygen atoms in total. The summed E-state index contributed by atoms with van der Waals surface area (Å²) in [5.41, 5.74) is 23.1. The van der Waals surface area contributed by atoms with E-state index < -0.39 is 0 Å². The quantitative estimate of drug-likeness (QED) is 0.119. The van der Waals surface area contributed by atoms with Gasteiger partial charge in [-0.25, -0.2) is 0 Å². The Bertz CT molecular complexity index is 3660. The maximum atomic E-state index is 2.59. The molecule has 348 valence electrons. The third-order valence-corrected chi connectivity index (χ3v) is 14.9. The molecule has 0 spiro atoms. The van der Waals surface area contributed by atoms with E-state index in [9.17, 15) is 0 Å². The first-order chi connectivity index (χ1) is 34.4. The van der Waals surface area contributed by atoms with E-state index in [1.54, 1.807) is 0 Å². The van der Waals surface area contributed by atoms with Crippen LogP contribution in [0, 0.1) is 34.6 Å². The van der Waals surface area contributed by atoms with Crippen LogP contribution in [0.15, 0.2) is 200 Å². The molecular weight excluding hydrogens is 857 g/mol. The van der Waals surface area contributed by atoms with Gasteiger partial charge in [-0.3, -0.25) is 0 Å².